The van der Waals surface area contributed by atoms with Gasteiger partial charge in [-0.1, -0.05) is 19.9 Å². The normalized spacial score (nSPS) is 28.6. The smallest absolute Gasteiger partial charge is 0.226 e. The Morgan fingerprint density at radius 1 is 1.43 bits per heavy atom. The molecular weight excluding hydrogens is 264 g/mol. The van der Waals surface area contributed by atoms with Gasteiger partial charge in [-0.15, -0.1) is 0 Å². The van der Waals surface area contributed by atoms with Gasteiger partial charge in [0, 0.05) is 36.5 Å². The van der Waals surface area contributed by atoms with E-state index >= 15 is 0 Å². The molecule has 2 aliphatic carbocycles. The van der Waals surface area contributed by atoms with Crippen LogP contribution in [-0.4, -0.2) is 29.8 Å². The van der Waals surface area contributed by atoms with Gasteiger partial charge in [0.25, 0.3) is 0 Å². The van der Waals surface area contributed by atoms with Crippen molar-refractivity contribution in [2.75, 3.05) is 13.1 Å². The fourth-order valence-electron chi connectivity index (χ4n) is 3.58. The summed E-state index contributed by atoms with van der Waals surface area (Å²) >= 11 is 0. The van der Waals surface area contributed by atoms with Gasteiger partial charge in [0.15, 0.2) is 0 Å². The van der Waals surface area contributed by atoms with E-state index in [0.717, 1.165) is 25.8 Å². The maximum Gasteiger partial charge on any atom is 0.226 e. The molecule has 0 aromatic rings. The molecule has 0 aromatic carbocycles. The van der Waals surface area contributed by atoms with E-state index < -0.39 is 0 Å². The molecule has 1 N–H and O–H groups in total. The van der Waals surface area contributed by atoms with Crippen LogP contribution in [0.3, 0.4) is 0 Å². The van der Waals surface area contributed by atoms with Crippen molar-refractivity contribution in [1.82, 2.24) is 10.2 Å². The van der Waals surface area contributed by atoms with E-state index in [1.165, 1.54) is 18.5 Å². The minimum Gasteiger partial charge on any atom is -0.355 e. The third-order valence-electron chi connectivity index (χ3n) is 5.18. The zero-order chi connectivity index (χ0) is 15.0. The molecule has 1 atom stereocenters. The number of fused-ring (bicyclic) bond motifs is 1. The van der Waals surface area contributed by atoms with Crippen LogP contribution in [0.15, 0.2) is 11.8 Å². The Bertz CT molecular complexity index is 479. The summed E-state index contributed by atoms with van der Waals surface area (Å²) in [5, 5.41) is 3.10. The number of allylic oxidation sites excluding steroid dienone is 1. The van der Waals surface area contributed by atoms with Crippen molar-refractivity contribution in [3.63, 3.8) is 0 Å². The topological polar surface area (TPSA) is 49.4 Å². The molecule has 1 saturated carbocycles. The molecule has 1 unspecified atom stereocenters. The van der Waals surface area contributed by atoms with Crippen LogP contribution in [0.2, 0.25) is 0 Å². The first-order valence-electron chi connectivity index (χ1n) is 8.30. The lowest BCUT2D eigenvalue weighted by atomic mass is 9.76. The molecule has 0 bridgehead atoms. The fraction of sp³-hybridized carbons (Fsp3) is 0.765. The molecule has 0 spiro atoms. The van der Waals surface area contributed by atoms with Crippen LogP contribution in [0, 0.1) is 17.3 Å². The van der Waals surface area contributed by atoms with Gasteiger partial charge in [-0.25, -0.2) is 0 Å². The van der Waals surface area contributed by atoms with Crippen molar-refractivity contribution in [3.8, 4) is 0 Å². The first-order chi connectivity index (χ1) is 10.0. The van der Waals surface area contributed by atoms with Crippen molar-refractivity contribution >= 4 is 11.8 Å². The molecule has 1 heterocycles. The van der Waals surface area contributed by atoms with E-state index in [9.17, 15) is 9.59 Å². The standard InChI is InChI=1S/C17H26N2O2/c1-12(2)16(21)18-11-17-8-3-4-14(17)19(10-13-5-6-13)15(20)7-9-17/h4,12-13H,3,5-11H2,1-2H3,(H,18,21). The Hall–Kier alpha value is -1.32. The minimum atomic E-state index is 0.00729. The molecule has 2 amide bonds. The number of amides is 2. The maximum absolute atomic E-state index is 12.3. The van der Waals surface area contributed by atoms with Crippen LogP contribution < -0.4 is 5.32 Å². The lowest BCUT2D eigenvalue weighted by Gasteiger charge is -2.43. The van der Waals surface area contributed by atoms with Gasteiger partial charge in [-0.2, -0.15) is 0 Å². The van der Waals surface area contributed by atoms with E-state index in [0.29, 0.717) is 18.9 Å². The summed E-state index contributed by atoms with van der Waals surface area (Å²) in [6.45, 7) is 5.42. The zero-order valence-corrected chi connectivity index (χ0v) is 13.2. The number of hydrogen-bond acceptors (Lipinski definition) is 2. The van der Waals surface area contributed by atoms with Gasteiger partial charge >= 0.3 is 0 Å². The summed E-state index contributed by atoms with van der Waals surface area (Å²) in [7, 11) is 0. The molecule has 21 heavy (non-hydrogen) atoms. The Morgan fingerprint density at radius 2 is 2.19 bits per heavy atom. The van der Waals surface area contributed by atoms with E-state index in [1.54, 1.807) is 0 Å². The summed E-state index contributed by atoms with van der Waals surface area (Å²) in [5.74, 6) is 1.11. The average molecular weight is 290 g/mol. The van der Waals surface area contributed by atoms with E-state index in [1.807, 2.05) is 18.7 Å². The zero-order valence-electron chi connectivity index (χ0n) is 13.2. The monoisotopic (exact) mass is 290 g/mol. The predicted octanol–water partition coefficient (Wildman–Crippen LogP) is 2.46. The van der Waals surface area contributed by atoms with Gasteiger partial charge in [-0.3, -0.25) is 9.59 Å². The highest BCUT2D eigenvalue weighted by Gasteiger charge is 2.46. The van der Waals surface area contributed by atoms with Gasteiger partial charge in [-0.05, 0) is 38.0 Å². The molecule has 3 rings (SSSR count). The molecule has 4 nitrogen and oxygen atoms in total. The van der Waals surface area contributed by atoms with Crippen molar-refractivity contribution in [1.29, 1.82) is 0 Å². The van der Waals surface area contributed by atoms with Crippen LogP contribution >= 0.6 is 0 Å². The SMILES string of the molecule is CC(C)C(=O)NCC12CCC=C1N(CC1CC1)C(=O)CC2. The van der Waals surface area contributed by atoms with Crippen LogP contribution in [0.4, 0.5) is 0 Å². The number of nitrogens with zero attached hydrogens (tertiary/aromatic N) is 1. The number of hydrogen-bond donors (Lipinski definition) is 1. The predicted molar refractivity (Wildman–Crippen MR) is 81.3 cm³/mol. The Kier molecular flexibility index (Phi) is 3.80. The third-order valence-corrected chi connectivity index (χ3v) is 5.18. The number of likely N-dealkylation sites (tertiary alicyclic amines) is 1. The number of piperidine rings is 1. The van der Waals surface area contributed by atoms with Gasteiger partial charge in [0.2, 0.25) is 11.8 Å². The van der Waals surface area contributed by atoms with E-state index in [4.69, 9.17) is 0 Å². The van der Waals surface area contributed by atoms with Gasteiger partial charge in [0.05, 0.1) is 0 Å². The Morgan fingerprint density at radius 3 is 2.86 bits per heavy atom. The van der Waals surface area contributed by atoms with Crippen LogP contribution in [0.25, 0.3) is 0 Å². The highest BCUT2D eigenvalue weighted by molar-refractivity contribution is 5.81. The largest absolute Gasteiger partial charge is 0.355 e. The number of carbonyl (C=O) groups excluding carboxylic acids is 2. The Labute approximate surface area is 127 Å². The van der Waals surface area contributed by atoms with Crippen molar-refractivity contribution in [2.24, 2.45) is 17.3 Å². The molecule has 4 heteroatoms. The molecule has 2 fully saturated rings. The van der Waals surface area contributed by atoms with Gasteiger partial charge in [0.1, 0.15) is 0 Å². The van der Waals surface area contributed by atoms with Crippen molar-refractivity contribution in [2.45, 2.75) is 52.4 Å². The highest BCUT2D eigenvalue weighted by Crippen LogP contribution is 2.48. The molecule has 3 aliphatic rings. The van der Waals surface area contributed by atoms with E-state index in [2.05, 4.69) is 11.4 Å². The average Bonchev–Trinajstić information content (AvgIpc) is 3.17. The third kappa shape index (κ3) is 2.85. The van der Waals surface area contributed by atoms with Crippen LogP contribution in [0.1, 0.15) is 52.4 Å². The summed E-state index contributed by atoms with van der Waals surface area (Å²) in [6.07, 6.45) is 8.36. The second-order valence-electron chi connectivity index (χ2n) is 7.23. The maximum atomic E-state index is 12.3. The first kappa shape index (κ1) is 14.6. The summed E-state index contributed by atoms with van der Waals surface area (Å²) in [4.78, 5) is 26.2. The Balaban J connectivity index is 1.72. The molecule has 1 aliphatic heterocycles. The quantitative estimate of drug-likeness (QED) is 0.845. The first-order valence-corrected chi connectivity index (χ1v) is 8.30. The highest BCUT2D eigenvalue weighted by atomic mass is 16.2. The lowest BCUT2D eigenvalue weighted by molar-refractivity contribution is -0.133. The number of rotatable bonds is 5. The summed E-state index contributed by atoms with van der Waals surface area (Å²) < 4.78 is 0. The van der Waals surface area contributed by atoms with Crippen LogP contribution in [-0.2, 0) is 9.59 Å². The fourth-order valence-corrected chi connectivity index (χ4v) is 3.58. The number of nitrogens with one attached hydrogen (secondary N) is 1. The second-order valence-corrected chi connectivity index (χ2v) is 7.23. The molecule has 1 saturated heterocycles. The van der Waals surface area contributed by atoms with Gasteiger partial charge < -0.3 is 10.2 Å². The molecule has 0 radical (unpaired) electrons. The summed E-state index contributed by atoms with van der Waals surface area (Å²) in [5.41, 5.74) is 1.21. The minimum absolute atomic E-state index is 0.00729. The van der Waals surface area contributed by atoms with Crippen LogP contribution in [0.5, 0.6) is 0 Å². The lowest BCUT2D eigenvalue weighted by Crippen LogP contribution is -2.49. The van der Waals surface area contributed by atoms with Crippen molar-refractivity contribution in [3.05, 3.63) is 11.8 Å². The number of carbonyl (C=O) groups is 2. The van der Waals surface area contributed by atoms with Crippen molar-refractivity contribution < 1.29 is 9.59 Å². The molecule has 116 valence electrons. The second kappa shape index (κ2) is 5.47. The van der Waals surface area contributed by atoms with E-state index in [-0.39, 0.29) is 23.1 Å². The molecule has 0 aromatic heterocycles. The molecular formula is C17H26N2O2. The summed E-state index contributed by atoms with van der Waals surface area (Å²) in [6, 6.07) is 0.